The maximum absolute atomic E-state index is 10.5. The summed E-state index contributed by atoms with van der Waals surface area (Å²) in [6.07, 6.45) is 2.38. The summed E-state index contributed by atoms with van der Waals surface area (Å²) >= 11 is 0. The number of nitrogens with zero attached hydrogens (tertiary/aromatic N) is 3. The van der Waals surface area contributed by atoms with Crippen LogP contribution in [0.4, 0.5) is 0 Å². The van der Waals surface area contributed by atoms with E-state index in [4.69, 9.17) is 4.74 Å². The number of β-amino-alcohol motifs (C(OH)–C–C–N with tert-alkyl or cyclic N) is 1. The lowest BCUT2D eigenvalue weighted by Gasteiger charge is -2.30. The molecule has 6 heteroatoms. The quantitative estimate of drug-likeness (QED) is 0.557. The van der Waals surface area contributed by atoms with Crippen LogP contribution in [0, 0.1) is 6.92 Å². The first-order chi connectivity index (χ1) is 15.0. The van der Waals surface area contributed by atoms with E-state index in [2.05, 4.69) is 57.1 Å². The minimum Gasteiger partial charge on any atom is -0.491 e. The van der Waals surface area contributed by atoms with E-state index in [-0.39, 0.29) is 0 Å². The molecule has 0 saturated heterocycles. The van der Waals surface area contributed by atoms with Gasteiger partial charge in [-0.25, -0.2) is 4.98 Å². The number of aliphatic hydroxyl groups is 1. The number of hydrogen-bond acceptors (Lipinski definition) is 5. The largest absolute Gasteiger partial charge is 0.491 e. The Hall–Kier alpha value is -2.67. The Morgan fingerprint density at radius 1 is 1.16 bits per heavy atom. The summed E-state index contributed by atoms with van der Waals surface area (Å²) in [6.45, 7) is 6.36. The summed E-state index contributed by atoms with van der Waals surface area (Å²) in [5, 5.41) is 10.5. The summed E-state index contributed by atoms with van der Waals surface area (Å²) in [4.78, 5) is 12.1. The highest BCUT2D eigenvalue weighted by Crippen LogP contribution is 2.19. The Morgan fingerprint density at radius 3 is 2.81 bits per heavy atom. The van der Waals surface area contributed by atoms with Gasteiger partial charge >= 0.3 is 0 Å². The van der Waals surface area contributed by atoms with Crippen LogP contribution in [0.5, 0.6) is 5.75 Å². The molecule has 31 heavy (non-hydrogen) atoms. The first kappa shape index (κ1) is 21.6. The fraction of sp³-hybridized carbons (Fsp3) is 0.400. The predicted octanol–water partition coefficient (Wildman–Crippen LogP) is 3.15. The zero-order valence-corrected chi connectivity index (χ0v) is 18.4. The fourth-order valence-corrected chi connectivity index (χ4v) is 4.16. The van der Waals surface area contributed by atoms with Crippen molar-refractivity contribution in [2.24, 2.45) is 0 Å². The number of hydrogen-bond donors (Lipinski definition) is 2. The van der Waals surface area contributed by atoms with Crippen LogP contribution in [-0.2, 0) is 26.1 Å². The van der Waals surface area contributed by atoms with E-state index in [1.807, 2.05) is 31.3 Å². The normalized spacial score (nSPS) is 15.1. The predicted molar refractivity (Wildman–Crippen MR) is 122 cm³/mol. The zero-order chi connectivity index (χ0) is 21.6. The van der Waals surface area contributed by atoms with Gasteiger partial charge in [-0.3, -0.25) is 9.80 Å². The molecule has 0 spiro atoms. The third-order valence-corrected chi connectivity index (χ3v) is 5.65. The van der Waals surface area contributed by atoms with Gasteiger partial charge in [0, 0.05) is 38.1 Å². The number of aliphatic hydroxyl groups excluding tert-OH is 1. The third kappa shape index (κ3) is 6.17. The standard InChI is InChI=1S/C25H32N4O2/c1-19-13-26-25(27-19)17-28(2)14-20-6-5-9-24(12-20)31-18-23(30)16-29-11-10-21-7-3-4-8-22(21)15-29/h3-9,12-13,23,30H,10-11,14-18H2,1-2H3,(H,26,27)/t23-/m1/s1. The molecule has 4 rings (SSSR count). The summed E-state index contributed by atoms with van der Waals surface area (Å²) in [7, 11) is 2.08. The molecule has 0 fully saturated rings. The molecule has 0 saturated carbocycles. The molecule has 164 valence electrons. The van der Waals surface area contributed by atoms with E-state index in [9.17, 15) is 5.11 Å². The van der Waals surface area contributed by atoms with Gasteiger partial charge in [0.1, 0.15) is 24.3 Å². The summed E-state index contributed by atoms with van der Waals surface area (Å²) in [5.41, 5.74) is 5.04. The molecule has 0 unspecified atom stereocenters. The topological polar surface area (TPSA) is 64.6 Å². The molecular weight excluding hydrogens is 388 g/mol. The van der Waals surface area contributed by atoms with Crippen LogP contribution in [0.25, 0.3) is 0 Å². The second kappa shape index (κ2) is 10.1. The number of H-pyrrole nitrogens is 1. The molecule has 1 aliphatic rings. The molecule has 1 atom stereocenters. The number of fused-ring (bicyclic) bond motifs is 1. The Kier molecular flexibility index (Phi) is 7.02. The van der Waals surface area contributed by atoms with E-state index in [0.717, 1.165) is 49.9 Å². The van der Waals surface area contributed by atoms with Gasteiger partial charge in [0.2, 0.25) is 0 Å². The Labute approximate surface area is 184 Å². The molecule has 0 amide bonds. The first-order valence-corrected chi connectivity index (χ1v) is 10.9. The van der Waals surface area contributed by atoms with Crippen LogP contribution in [0.3, 0.4) is 0 Å². The maximum atomic E-state index is 10.5. The third-order valence-electron chi connectivity index (χ3n) is 5.65. The van der Waals surface area contributed by atoms with Gasteiger partial charge in [0.25, 0.3) is 0 Å². The lowest BCUT2D eigenvalue weighted by atomic mass is 10.00. The van der Waals surface area contributed by atoms with Gasteiger partial charge in [-0.15, -0.1) is 0 Å². The first-order valence-electron chi connectivity index (χ1n) is 10.9. The smallest absolute Gasteiger partial charge is 0.120 e. The summed E-state index contributed by atoms with van der Waals surface area (Å²) in [5.74, 6) is 1.76. The Balaban J connectivity index is 1.24. The van der Waals surface area contributed by atoms with Crippen molar-refractivity contribution in [3.05, 3.63) is 82.9 Å². The van der Waals surface area contributed by atoms with Crippen molar-refractivity contribution in [2.75, 3.05) is 26.7 Å². The van der Waals surface area contributed by atoms with Crippen molar-refractivity contribution in [1.29, 1.82) is 0 Å². The Morgan fingerprint density at radius 2 is 2.00 bits per heavy atom. The highest BCUT2D eigenvalue weighted by atomic mass is 16.5. The maximum Gasteiger partial charge on any atom is 0.120 e. The molecule has 2 N–H and O–H groups in total. The van der Waals surface area contributed by atoms with Crippen molar-refractivity contribution in [3.8, 4) is 5.75 Å². The Bertz CT molecular complexity index is 987. The molecule has 2 aromatic carbocycles. The molecule has 2 heterocycles. The van der Waals surface area contributed by atoms with Crippen LogP contribution in [0.2, 0.25) is 0 Å². The average molecular weight is 421 g/mol. The van der Waals surface area contributed by atoms with Gasteiger partial charge < -0.3 is 14.8 Å². The van der Waals surface area contributed by atoms with Crippen molar-refractivity contribution >= 4 is 0 Å². The van der Waals surface area contributed by atoms with Gasteiger partial charge in [0.05, 0.1) is 6.54 Å². The lowest BCUT2D eigenvalue weighted by molar-refractivity contribution is 0.0637. The highest BCUT2D eigenvalue weighted by Gasteiger charge is 2.18. The fourth-order valence-electron chi connectivity index (χ4n) is 4.16. The van der Waals surface area contributed by atoms with E-state index in [1.54, 1.807) is 0 Å². The van der Waals surface area contributed by atoms with E-state index in [0.29, 0.717) is 13.2 Å². The van der Waals surface area contributed by atoms with Crippen LogP contribution >= 0.6 is 0 Å². The molecule has 6 nitrogen and oxygen atoms in total. The van der Waals surface area contributed by atoms with E-state index >= 15 is 0 Å². The van der Waals surface area contributed by atoms with E-state index in [1.165, 1.54) is 16.7 Å². The minimum absolute atomic E-state index is 0.295. The van der Waals surface area contributed by atoms with Crippen LogP contribution in [-0.4, -0.2) is 57.7 Å². The zero-order valence-electron chi connectivity index (χ0n) is 18.4. The number of rotatable bonds is 9. The van der Waals surface area contributed by atoms with Gasteiger partial charge in [-0.1, -0.05) is 36.4 Å². The second-order valence-corrected chi connectivity index (χ2v) is 8.55. The summed E-state index contributed by atoms with van der Waals surface area (Å²) < 4.78 is 5.91. The van der Waals surface area contributed by atoms with Crippen LogP contribution in [0.15, 0.2) is 54.7 Å². The number of ether oxygens (including phenoxy) is 1. The highest BCUT2D eigenvalue weighted by molar-refractivity contribution is 5.29. The SMILES string of the molecule is Cc1cnc(CN(C)Cc2cccc(OC[C@H](O)CN3CCc4ccccc4C3)c2)[nH]1. The minimum atomic E-state index is -0.515. The molecule has 1 aliphatic heterocycles. The molecule has 0 bridgehead atoms. The van der Waals surface area contributed by atoms with Crippen LogP contribution in [0.1, 0.15) is 28.2 Å². The van der Waals surface area contributed by atoms with Gasteiger partial charge in [-0.2, -0.15) is 0 Å². The number of aryl methyl sites for hydroxylation is 1. The average Bonchev–Trinajstić information content (AvgIpc) is 3.16. The van der Waals surface area contributed by atoms with Crippen LogP contribution < -0.4 is 4.74 Å². The van der Waals surface area contributed by atoms with Gasteiger partial charge in [-0.05, 0) is 49.2 Å². The molecule has 1 aromatic heterocycles. The lowest BCUT2D eigenvalue weighted by Crippen LogP contribution is -2.38. The number of imidazole rings is 1. The summed E-state index contributed by atoms with van der Waals surface area (Å²) in [6, 6.07) is 16.7. The van der Waals surface area contributed by atoms with E-state index < -0.39 is 6.10 Å². The second-order valence-electron chi connectivity index (χ2n) is 8.55. The van der Waals surface area contributed by atoms with Crippen molar-refractivity contribution in [1.82, 2.24) is 19.8 Å². The monoisotopic (exact) mass is 420 g/mol. The van der Waals surface area contributed by atoms with Gasteiger partial charge in [0.15, 0.2) is 0 Å². The van der Waals surface area contributed by atoms with Crippen molar-refractivity contribution in [3.63, 3.8) is 0 Å². The number of nitrogens with one attached hydrogen (secondary N) is 1. The van der Waals surface area contributed by atoms with Crippen molar-refractivity contribution in [2.45, 2.75) is 39.1 Å². The number of aromatic nitrogens is 2. The molecule has 3 aromatic rings. The number of aromatic amines is 1. The van der Waals surface area contributed by atoms with Crippen molar-refractivity contribution < 1.29 is 9.84 Å². The molecular formula is C25H32N4O2. The molecule has 0 aliphatic carbocycles. The number of benzene rings is 2. The molecule has 0 radical (unpaired) electrons.